The molecule has 0 saturated carbocycles. The monoisotopic (exact) mass is 481 g/mol. The lowest BCUT2D eigenvalue weighted by Gasteiger charge is -2.36. The number of aryl methyl sites for hydroxylation is 1. The summed E-state index contributed by atoms with van der Waals surface area (Å²) in [5.74, 6) is 1.73. The first-order chi connectivity index (χ1) is 17.7. The number of fused-ring (bicyclic) bond motifs is 2. The number of rotatable bonds is 6. The Morgan fingerprint density at radius 3 is 2.53 bits per heavy atom. The lowest BCUT2D eigenvalue weighted by molar-refractivity contribution is 0.201. The lowest BCUT2D eigenvalue weighted by Crippen LogP contribution is -2.48. The normalized spacial score (nSPS) is 14.6. The predicted octanol–water partition coefficient (Wildman–Crippen LogP) is 5.20. The predicted molar refractivity (Wildman–Crippen MR) is 141 cm³/mol. The van der Waals surface area contributed by atoms with Crippen LogP contribution >= 0.6 is 0 Å². The standard InChI is InChI=1S/C29H28FN5O/c1-21-19-28(35-29(32-21)26(20-31-35)23-9-11-24(30)12-10-23)34-15-13-33(14-16-34)17-18-36-27-8-4-6-22-5-2-3-7-25(22)27/h2-12,19-20H,13-18H2,1H3. The number of benzene rings is 3. The van der Waals surface area contributed by atoms with E-state index < -0.39 is 0 Å². The van der Waals surface area contributed by atoms with Gasteiger partial charge in [0.15, 0.2) is 5.65 Å². The van der Waals surface area contributed by atoms with Crippen LogP contribution in [-0.2, 0) is 0 Å². The third-order valence-corrected chi connectivity index (χ3v) is 6.85. The van der Waals surface area contributed by atoms with Gasteiger partial charge in [-0.05, 0) is 36.1 Å². The van der Waals surface area contributed by atoms with Crippen LogP contribution < -0.4 is 9.64 Å². The van der Waals surface area contributed by atoms with Crippen molar-refractivity contribution in [3.05, 3.63) is 90.5 Å². The Hall–Kier alpha value is -3.97. The first kappa shape index (κ1) is 22.5. The molecule has 3 heterocycles. The van der Waals surface area contributed by atoms with Gasteiger partial charge < -0.3 is 9.64 Å². The molecule has 0 bridgehead atoms. The zero-order valence-electron chi connectivity index (χ0n) is 20.3. The van der Waals surface area contributed by atoms with Gasteiger partial charge >= 0.3 is 0 Å². The van der Waals surface area contributed by atoms with E-state index in [0.29, 0.717) is 6.61 Å². The van der Waals surface area contributed by atoms with E-state index in [2.05, 4.69) is 51.3 Å². The molecular formula is C29H28FN5O. The third-order valence-electron chi connectivity index (χ3n) is 6.85. The molecule has 1 fully saturated rings. The van der Waals surface area contributed by atoms with Crippen molar-refractivity contribution in [2.45, 2.75) is 6.92 Å². The Labute approximate surface area is 209 Å². The molecule has 3 aromatic carbocycles. The van der Waals surface area contributed by atoms with Gasteiger partial charge in [0.2, 0.25) is 0 Å². The molecule has 6 rings (SSSR count). The summed E-state index contributed by atoms with van der Waals surface area (Å²) in [5, 5.41) is 7.00. The van der Waals surface area contributed by atoms with Crippen molar-refractivity contribution >= 4 is 22.2 Å². The first-order valence-corrected chi connectivity index (χ1v) is 12.3. The van der Waals surface area contributed by atoms with Gasteiger partial charge in [0.1, 0.15) is 24.0 Å². The van der Waals surface area contributed by atoms with Crippen LogP contribution in [0.3, 0.4) is 0 Å². The SMILES string of the molecule is Cc1cc(N2CCN(CCOc3cccc4ccccc34)CC2)n2ncc(-c3ccc(F)cc3)c2n1. The maximum Gasteiger partial charge on any atom is 0.165 e. The Morgan fingerprint density at radius 2 is 1.69 bits per heavy atom. The summed E-state index contributed by atoms with van der Waals surface area (Å²) >= 11 is 0. The zero-order valence-corrected chi connectivity index (χ0v) is 20.3. The van der Waals surface area contributed by atoms with Crippen LogP contribution in [0.5, 0.6) is 5.75 Å². The molecule has 1 saturated heterocycles. The molecular weight excluding hydrogens is 453 g/mol. The molecule has 5 aromatic rings. The molecule has 0 aliphatic carbocycles. The molecule has 0 atom stereocenters. The topological polar surface area (TPSA) is 45.9 Å². The summed E-state index contributed by atoms with van der Waals surface area (Å²) < 4.78 is 21.5. The van der Waals surface area contributed by atoms with Gasteiger partial charge in [0, 0.05) is 55.4 Å². The Morgan fingerprint density at radius 1 is 0.917 bits per heavy atom. The number of piperazine rings is 1. The maximum absolute atomic E-state index is 13.4. The lowest BCUT2D eigenvalue weighted by atomic mass is 10.1. The van der Waals surface area contributed by atoms with Gasteiger partial charge in [-0.15, -0.1) is 0 Å². The van der Waals surface area contributed by atoms with Gasteiger partial charge in [-0.3, -0.25) is 4.90 Å². The smallest absolute Gasteiger partial charge is 0.165 e. The highest BCUT2D eigenvalue weighted by Gasteiger charge is 2.21. The number of hydrogen-bond acceptors (Lipinski definition) is 5. The average Bonchev–Trinajstić information content (AvgIpc) is 3.33. The molecule has 0 amide bonds. The fourth-order valence-electron chi connectivity index (χ4n) is 4.93. The van der Waals surface area contributed by atoms with E-state index >= 15 is 0 Å². The van der Waals surface area contributed by atoms with E-state index in [9.17, 15) is 4.39 Å². The highest BCUT2D eigenvalue weighted by molar-refractivity contribution is 5.88. The summed E-state index contributed by atoms with van der Waals surface area (Å²) in [6.07, 6.45) is 1.82. The van der Waals surface area contributed by atoms with Gasteiger partial charge in [-0.1, -0.05) is 48.5 Å². The number of halogens is 1. The number of nitrogens with zero attached hydrogens (tertiary/aromatic N) is 5. The van der Waals surface area contributed by atoms with Crippen molar-refractivity contribution in [2.75, 3.05) is 44.2 Å². The van der Waals surface area contributed by atoms with Crippen LogP contribution in [-0.4, -0.2) is 58.8 Å². The number of ether oxygens (including phenoxy) is 1. The van der Waals surface area contributed by atoms with Gasteiger partial charge in [0.25, 0.3) is 0 Å². The van der Waals surface area contributed by atoms with Gasteiger partial charge in [-0.25, -0.2) is 9.37 Å². The van der Waals surface area contributed by atoms with Crippen molar-refractivity contribution in [1.29, 1.82) is 0 Å². The summed E-state index contributed by atoms with van der Waals surface area (Å²) in [4.78, 5) is 9.56. The zero-order chi connectivity index (χ0) is 24.5. The molecule has 7 heteroatoms. The minimum atomic E-state index is -0.250. The molecule has 36 heavy (non-hydrogen) atoms. The molecule has 0 spiro atoms. The van der Waals surface area contributed by atoms with Crippen LogP contribution in [0.4, 0.5) is 10.2 Å². The van der Waals surface area contributed by atoms with E-state index in [1.54, 1.807) is 12.1 Å². The fraction of sp³-hybridized carbons (Fsp3) is 0.241. The molecule has 1 aliphatic heterocycles. The molecule has 0 radical (unpaired) electrons. The Balaban J connectivity index is 1.12. The molecule has 1 aliphatic rings. The van der Waals surface area contributed by atoms with E-state index in [1.165, 1.54) is 17.5 Å². The summed E-state index contributed by atoms with van der Waals surface area (Å²) in [7, 11) is 0. The number of hydrogen-bond donors (Lipinski definition) is 0. The minimum Gasteiger partial charge on any atom is -0.492 e. The summed E-state index contributed by atoms with van der Waals surface area (Å²) in [5.41, 5.74) is 3.55. The van der Waals surface area contributed by atoms with Crippen LogP contribution in [0.1, 0.15) is 5.69 Å². The molecule has 2 aromatic heterocycles. The number of anilines is 1. The molecule has 0 N–H and O–H groups in total. The molecule has 0 unspecified atom stereocenters. The third kappa shape index (κ3) is 4.38. The highest BCUT2D eigenvalue weighted by atomic mass is 19.1. The number of aromatic nitrogens is 3. The van der Waals surface area contributed by atoms with Crippen molar-refractivity contribution in [1.82, 2.24) is 19.5 Å². The average molecular weight is 482 g/mol. The van der Waals surface area contributed by atoms with Crippen LogP contribution in [0, 0.1) is 12.7 Å². The minimum absolute atomic E-state index is 0.250. The van der Waals surface area contributed by atoms with Gasteiger partial charge in [0.05, 0.1) is 6.20 Å². The van der Waals surface area contributed by atoms with Crippen LogP contribution in [0.2, 0.25) is 0 Å². The Kier molecular flexibility index (Phi) is 5.99. The fourth-order valence-corrected chi connectivity index (χ4v) is 4.93. The second-order valence-electron chi connectivity index (χ2n) is 9.21. The second kappa shape index (κ2) is 9.59. The maximum atomic E-state index is 13.4. The van der Waals surface area contributed by atoms with Crippen molar-refractivity contribution in [2.24, 2.45) is 0 Å². The Bertz CT molecular complexity index is 1500. The highest BCUT2D eigenvalue weighted by Crippen LogP contribution is 2.28. The largest absolute Gasteiger partial charge is 0.492 e. The van der Waals surface area contributed by atoms with Crippen molar-refractivity contribution in [3.8, 4) is 16.9 Å². The quantitative estimate of drug-likeness (QED) is 0.334. The van der Waals surface area contributed by atoms with Crippen LogP contribution in [0.25, 0.3) is 27.5 Å². The first-order valence-electron chi connectivity index (χ1n) is 12.3. The second-order valence-corrected chi connectivity index (χ2v) is 9.21. The molecule has 6 nitrogen and oxygen atoms in total. The van der Waals surface area contributed by atoms with Gasteiger partial charge in [-0.2, -0.15) is 9.61 Å². The molecule has 182 valence electrons. The summed E-state index contributed by atoms with van der Waals surface area (Å²) in [6.45, 7) is 7.26. The van der Waals surface area contributed by atoms with Crippen molar-refractivity contribution in [3.63, 3.8) is 0 Å². The van der Waals surface area contributed by atoms with Crippen molar-refractivity contribution < 1.29 is 9.13 Å². The van der Waals surface area contributed by atoms with Crippen LogP contribution in [0.15, 0.2) is 79.0 Å². The van der Waals surface area contributed by atoms with E-state index in [1.807, 2.05) is 29.8 Å². The summed E-state index contributed by atoms with van der Waals surface area (Å²) in [6, 6.07) is 23.1. The van der Waals surface area contributed by atoms with E-state index in [-0.39, 0.29) is 5.82 Å². The van der Waals surface area contributed by atoms with E-state index in [0.717, 1.165) is 72.1 Å². The van der Waals surface area contributed by atoms with E-state index in [4.69, 9.17) is 9.72 Å².